The Hall–Kier alpha value is -6.64. The summed E-state index contributed by atoms with van der Waals surface area (Å²) >= 11 is 0. The van der Waals surface area contributed by atoms with Crippen LogP contribution < -0.4 is 4.90 Å². The summed E-state index contributed by atoms with van der Waals surface area (Å²) in [5, 5.41) is 10.9. The first-order valence-corrected chi connectivity index (χ1v) is 17.1. The molecule has 50 heavy (non-hydrogen) atoms. The van der Waals surface area contributed by atoms with Gasteiger partial charge in [-0.05, 0) is 103 Å². The molecule has 0 bridgehead atoms. The minimum Gasteiger partial charge on any atom is -0.456 e. The minimum atomic E-state index is 0.883. The molecule has 10 aromatic rings. The summed E-state index contributed by atoms with van der Waals surface area (Å²) < 4.78 is 6.19. The Morgan fingerprint density at radius 3 is 1.72 bits per heavy atom. The van der Waals surface area contributed by atoms with Gasteiger partial charge in [0, 0.05) is 27.7 Å². The second-order valence-electron chi connectivity index (χ2n) is 13.0. The van der Waals surface area contributed by atoms with Gasteiger partial charge in [0.2, 0.25) is 0 Å². The summed E-state index contributed by atoms with van der Waals surface area (Å²) in [6.07, 6.45) is 0. The molecule has 1 aromatic heterocycles. The lowest BCUT2D eigenvalue weighted by atomic mass is 9.97. The molecule has 0 saturated carbocycles. The maximum Gasteiger partial charge on any atom is 0.135 e. The molecule has 0 fully saturated rings. The lowest BCUT2D eigenvalue weighted by molar-refractivity contribution is 0.631. The van der Waals surface area contributed by atoms with Gasteiger partial charge in [0.15, 0.2) is 0 Å². The molecule has 0 spiro atoms. The van der Waals surface area contributed by atoms with Crippen LogP contribution in [-0.4, -0.2) is 0 Å². The molecule has 2 nitrogen and oxygen atoms in total. The fourth-order valence-corrected chi connectivity index (χ4v) is 7.49. The third kappa shape index (κ3) is 4.81. The predicted molar refractivity (Wildman–Crippen MR) is 212 cm³/mol. The van der Waals surface area contributed by atoms with Crippen LogP contribution in [0.4, 0.5) is 17.1 Å². The van der Waals surface area contributed by atoms with Crippen LogP contribution in [0.3, 0.4) is 0 Å². The van der Waals surface area contributed by atoms with Crippen molar-refractivity contribution in [3.05, 3.63) is 188 Å². The maximum absolute atomic E-state index is 6.19. The number of hydrogen-bond donors (Lipinski definition) is 0. The molecule has 0 atom stereocenters. The van der Waals surface area contributed by atoms with Gasteiger partial charge < -0.3 is 9.32 Å². The number of furan rings is 1. The lowest BCUT2D eigenvalue weighted by Gasteiger charge is -2.28. The Balaban J connectivity index is 1.11. The average Bonchev–Trinajstić information content (AvgIpc) is 3.63. The van der Waals surface area contributed by atoms with E-state index >= 15 is 0 Å². The molecule has 0 aliphatic rings. The van der Waals surface area contributed by atoms with Gasteiger partial charge in [0.25, 0.3) is 0 Å². The van der Waals surface area contributed by atoms with Gasteiger partial charge in [0.1, 0.15) is 11.3 Å². The van der Waals surface area contributed by atoms with Crippen molar-refractivity contribution >= 4 is 71.1 Å². The first kappa shape index (κ1) is 28.4. The molecule has 0 aliphatic carbocycles. The van der Waals surface area contributed by atoms with Crippen molar-refractivity contribution in [1.29, 1.82) is 0 Å². The van der Waals surface area contributed by atoms with Gasteiger partial charge in [0.05, 0.1) is 5.69 Å². The SMILES string of the molecule is c1cc(-c2ccc3cc(N(c4ccc5ccccc5c4)c4cc5ccccc5c5ccccc45)ccc3c2)cc(-c2cc3ccccc3o2)c1. The van der Waals surface area contributed by atoms with Crippen LogP contribution in [-0.2, 0) is 0 Å². The highest BCUT2D eigenvalue weighted by Crippen LogP contribution is 2.43. The zero-order valence-electron chi connectivity index (χ0n) is 27.3. The first-order valence-electron chi connectivity index (χ1n) is 17.1. The second-order valence-corrected chi connectivity index (χ2v) is 13.0. The first-order chi connectivity index (χ1) is 24.7. The van der Waals surface area contributed by atoms with Crippen molar-refractivity contribution in [2.75, 3.05) is 4.90 Å². The third-order valence-corrected chi connectivity index (χ3v) is 9.97. The molecule has 0 N–H and O–H groups in total. The van der Waals surface area contributed by atoms with E-state index in [1.807, 2.05) is 18.2 Å². The molecule has 234 valence electrons. The Morgan fingerprint density at radius 1 is 0.320 bits per heavy atom. The second kappa shape index (κ2) is 11.5. The van der Waals surface area contributed by atoms with Gasteiger partial charge in [-0.1, -0.05) is 133 Å². The van der Waals surface area contributed by atoms with Crippen molar-refractivity contribution in [2.24, 2.45) is 0 Å². The minimum absolute atomic E-state index is 0.883. The molecule has 10 rings (SSSR count). The van der Waals surface area contributed by atoms with Crippen LogP contribution in [0.1, 0.15) is 0 Å². The summed E-state index contributed by atoms with van der Waals surface area (Å²) in [7, 11) is 0. The number of hydrogen-bond acceptors (Lipinski definition) is 2. The Labute approximate surface area is 290 Å². The Bertz CT molecular complexity index is 2860. The number of anilines is 3. The van der Waals surface area contributed by atoms with Crippen LogP contribution in [0.15, 0.2) is 192 Å². The van der Waals surface area contributed by atoms with Gasteiger partial charge in [-0.2, -0.15) is 0 Å². The van der Waals surface area contributed by atoms with E-state index in [1.54, 1.807) is 0 Å². The third-order valence-electron chi connectivity index (χ3n) is 9.97. The van der Waals surface area contributed by atoms with E-state index in [9.17, 15) is 0 Å². The zero-order valence-corrected chi connectivity index (χ0v) is 27.3. The van der Waals surface area contributed by atoms with Crippen LogP contribution in [0.5, 0.6) is 0 Å². The highest BCUT2D eigenvalue weighted by atomic mass is 16.3. The van der Waals surface area contributed by atoms with Crippen LogP contribution in [0.2, 0.25) is 0 Å². The Kier molecular flexibility index (Phi) is 6.53. The molecule has 0 aliphatic heterocycles. The quantitative estimate of drug-likeness (QED) is 0.175. The molecular weight excluding hydrogens is 607 g/mol. The number of benzene rings is 9. The van der Waals surface area contributed by atoms with Gasteiger partial charge in [-0.3, -0.25) is 0 Å². The fourth-order valence-electron chi connectivity index (χ4n) is 7.49. The highest BCUT2D eigenvalue weighted by Gasteiger charge is 2.18. The van der Waals surface area contributed by atoms with E-state index in [1.165, 1.54) is 48.7 Å². The molecule has 0 amide bonds. The summed E-state index contributed by atoms with van der Waals surface area (Å²) in [5.41, 5.74) is 7.72. The van der Waals surface area contributed by atoms with Gasteiger partial charge in [-0.25, -0.2) is 0 Å². The predicted octanol–water partition coefficient (Wildman–Crippen LogP) is 13.8. The van der Waals surface area contributed by atoms with Crippen molar-refractivity contribution in [1.82, 2.24) is 0 Å². The van der Waals surface area contributed by atoms with E-state index in [4.69, 9.17) is 4.42 Å². The van der Waals surface area contributed by atoms with E-state index in [-0.39, 0.29) is 0 Å². The molecule has 0 radical (unpaired) electrons. The maximum atomic E-state index is 6.19. The molecular formula is C48H31NO. The zero-order chi connectivity index (χ0) is 33.0. The molecule has 9 aromatic carbocycles. The van der Waals surface area contributed by atoms with Crippen LogP contribution in [0, 0.1) is 0 Å². The average molecular weight is 638 g/mol. The molecule has 0 saturated heterocycles. The normalized spacial score (nSPS) is 11.6. The van der Waals surface area contributed by atoms with Gasteiger partial charge in [-0.15, -0.1) is 0 Å². The van der Waals surface area contributed by atoms with Crippen molar-refractivity contribution < 1.29 is 4.42 Å². The number of para-hydroxylation sites is 1. The molecule has 1 heterocycles. The summed E-state index contributed by atoms with van der Waals surface area (Å²) in [6.45, 7) is 0. The van der Waals surface area contributed by atoms with Crippen molar-refractivity contribution in [3.8, 4) is 22.5 Å². The summed E-state index contributed by atoms with van der Waals surface area (Å²) in [6, 6.07) is 67.7. The summed E-state index contributed by atoms with van der Waals surface area (Å²) in [4.78, 5) is 2.42. The smallest absolute Gasteiger partial charge is 0.135 e. The lowest BCUT2D eigenvalue weighted by Crippen LogP contribution is -2.10. The number of rotatable bonds is 5. The fraction of sp³-hybridized carbons (Fsp3) is 0. The summed E-state index contributed by atoms with van der Waals surface area (Å²) in [5.74, 6) is 0.883. The number of nitrogens with zero attached hydrogens (tertiary/aromatic N) is 1. The standard InChI is InChI=1S/C48H31NO/c1-2-11-34-28-41(24-22-32(34)10-1)49(46-30-38-12-3-5-16-43(38)44-17-6-7-18-45(44)46)42-25-23-36-26-35(20-21-37(36)29-42)33-14-9-15-39(27-33)48-31-40-13-4-8-19-47(40)50-48/h1-31H. The van der Waals surface area contributed by atoms with Crippen LogP contribution in [0.25, 0.3) is 76.5 Å². The topological polar surface area (TPSA) is 16.4 Å². The van der Waals surface area contributed by atoms with Gasteiger partial charge >= 0.3 is 0 Å². The number of fused-ring (bicyclic) bond motifs is 6. The largest absolute Gasteiger partial charge is 0.456 e. The van der Waals surface area contributed by atoms with E-state index in [0.717, 1.165) is 44.9 Å². The monoisotopic (exact) mass is 637 g/mol. The molecule has 0 unspecified atom stereocenters. The Morgan fingerprint density at radius 2 is 0.900 bits per heavy atom. The highest BCUT2D eigenvalue weighted by molar-refractivity contribution is 6.15. The van der Waals surface area contributed by atoms with E-state index in [2.05, 4.69) is 175 Å². The van der Waals surface area contributed by atoms with Crippen molar-refractivity contribution in [2.45, 2.75) is 0 Å². The molecule has 2 heteroatoms. The van der Waals surface area contributed by atoms with Crippen molar-refractivity contribution in [3.63, 3.8) is 0 Å². The van der Waals surface area contributed by atoms with Crippen LogP contribution >= 0.6 is 0 Å². The van der Waals surface area contributed by atoms with E-state index < -0.39 is 0 Å². The van der Waals surface area contributed by atoms with E-state index in [0.29, 0.717) is 0 Å².